The van der Waals surface area contributed by atoms with Crippen LogP contribution < -0.4 is 5.73 Å². The number of rotatable bonds is 6. The lowest BCUT2D eigenvalue weighted by molar-refractivity contribution is 0.144. The highest BCUT2D eigenvalue weighted by molar-refractivity contribution is 5.09. The monoisotopic (exact) mass is 281 g/mol. The molecule has 0 saturated carbocycles. The van der Waals surface area contributed by atoms with Gasteiger partial charge in [-0.25, -0.2) is 4.39 Å². The Labute approximate surface area is 119 Å². The van der Waals surface area contributed by atoms with Crippen LogP contribution in [0.3, 0.4) is 0 Å². The summed E-state index contributed by atoms with van der Waals surface area (Å²) in [6.07, 6.45) is 5.33. The van der Waals surface area contributed by atoms with Crippen LogP contribution in [0, 0.1) is 11.7 Å². The van der Waals surface area contributed by atoms with Crippen molar-refractivity contribution >= 4 is 0 Å². The smallest absolute Gasteiger partial charge is 0.141 e. The van der Waals surface area contributed by atoms with Crippen LogP contribution >= 0.6 is 0 Å². The molecule has 2 atom stereocenters. The molecule has 3 N–H and O–H groups in total. The van der Waals surface area contributed by atoms with Crippen LogP contribution in [0.5, 0.6) is 0 Å². The molecule has 112 valence electrons. The van der Waals surface area contributed by atoms with Crippen molar-refractivity contribution in [2.75, 3.05) is 26.2 Å². The lowest BCUT2D eigenvalue weighted by Crippen LogP contribution is -2.37. The second-order valence-electron chi connectivity index (χ2n) is 5.62. The van der Waals surface area contributed by atoms with E-state index >= 15 is 0 Å². The van der Waals surface area contributed by atoms with Gasteiger partial charge in [-0.2, -0.15) is 0 Å². The maximum atomic E-state index is 12.8. The van der Waals surface area contributed by atoms with Gasteiger partial charge in [0, 0.05) is 25.7 Å². The quantitative estimate of drug-likeness (QED) is 0.833. The van der Waals surface area contributed by atoms with Gasteiger partial charge in [-0.15, -0.1) is 0 Å². The first kappa shape index (κ1) is 15.4. The number of halogens is 1. The highest BCUT2D eigenvalue weighted by atomic mass is 19.1. The lowest BCUT2D eigenvalue weighted by Gasteiger charge is -2.33. The summed E-state index contributed by atoms with van der Waals surface area (Å²) in [5, 5.41) is 9.02. The Morgan fingerprint density at radius 2 is 2.35 bits per heavy atom. The molecule has 1 aromatic heterocycles. The maximum Gasteiger partial charge on any atom is 0.141 e. The largest absolute Gasteiger partial charge is 0.396 e. The highest BCUT2D eigenvalue weighted by Gasteiger charge is 2.20. The van der Waals surface area contributed by atoms with Gasteiger partial charge in [-0.1, -0.05) is 0 Å². The molecule has 1 aromatic rings. The number of hydrogen-bond acceptors (Lipinski definition) is 4. The van der Waals surface area contributed by atoms with Gasteiger partial charge in [0.1, 0.15) is 5.82 Å². The molecule has 0 aromatic carbocycles. The Bertz CT molecular complexity index is 397. The van der Waals surface area contributed by atoms with Gasteiger partial charge in [0.15, 0.2) is 0 Å². The molecule has 0 bridgehead atoms. The summed E-state index contributed by atoms with van der Waals surface area (Å²) in [5.41, 5.74) is 6.85. The third-order valence-electron chi connectivity index (χ3n) is 4.03. The van der Waals surface area contributed by atoms with Crippen molar-refractivity contribution in [2.24, 2.45) is 11.7 Å². The van der Waals surface area contributed by atoms with Gasteiger partial charge in [0.05, 0.1) is 11.9 Å². The standard InChI is InChI=1S/C15H24FN3O/c16-13-3-4-15(18-10-13)14(17)5-8-19-7-1-2-12(11-19)6-9-20/h3-4,10,12,14,20H,1-2,5-9,11,17H2. The molecule has 1 fully saturated rings. The molecular weight excluding hydrogens is 257 g/mol. The molecule has 2 rings (SSSR count). The highest BCUT2D eigenvalue weighted by Crippen LogP contribution is 2.20. The summed E-state index contributed by atoms with van der Waals surface area (Å²) in [6.45, 7) is 3.36. The first-order chi connectivity index (χ1) is 9.69. The Hall–Kier alpha value is -1.04. The fourth-order valence-electron chi connectivity index (χ4n) is 2.85. The topological polar surface area (TPSA) is 62.4 Å². The van der Waals surface area contributed by atoms with Crippen molar-refractivity contribution in [3.05, 3.63) is 29.8 Å². The van der Waals surface area contributed by atoms with Crippen molar-refractivity contribution in [1.29, 1.82) is 0 Å². The average molecular weight is 281 g/mol. The minimum atomic E-state index is -0.330. The molecule has 1 aliphatic heterocycles. The first-order valence-electron chi connectivity index (χ1n) is 7.39. The third-order valence-corrected chi connectivity index (χ3v) is 4.03. The van der Waals surface area contributed by atoms with E-state index in [1.165, 1.54) is 25.1 Å². The van der Waals surface area contributed by atoms with E-state index in [4.69, 9.17) is 10.8 Å². The Morgan fingerprint density at radius 1 is 1.50 bits per heavy atom. The number of nitrogens with zero attached hydrogens (tertiary/aromatic N) is 2. The van der Waals surface area contributed by atoms with Gasteiger partial charge >= 0.3 is 0 Å². The molecule has 0 spiro atoms. The number of hydrogen-bond donors (Lipinski definition) is 2. The maximum absolute atomic E-state index is 12.8. The molecule has 1 aliphatic rings. The van der Waals surface area contributed by atoms with Gasteiger partial charge < -0.3 is 15.7 Å². The van der Waals surface area contributed by atoms with E-state index in [-0.39, 0.29) is 18.5 Å². The number of piperidine rings is 1. The van der Waals surface area contributed by atoms with E-state index in [0.29, 0.717) is 5.92 Å². The molecule has 1 saturated heterocycles. The summed E-state index contributed by atoms with van der Waals surface area (Å²) in [5.74, 6) is 0.276. The summed E-state index contributed by atoms with van der Waals surface area (Å²) >= 11 is 0. The van der Waals surface area contributed by atoms with Crippen LogP contribution in [0.2, 0.25) is 0 Å². The molecular formula is C15H24FN3O. The molecule has 2 heterocycles. The van der Waals surface area contributed by atoms with E-state index in [0.717, 1.165) is 38.2 Å². The summed E-state index contributed by atoms with van der Waals surface area (Å²) in [7, 11) is 0. The minimum Gasteiger partial charge on any atom is -0.396 e. The van der Waals surface area contributed by atoms with E-state index in [1.807, 2.05) is 0 Å². The van der Waals surface area contributed by atoms with Crippen molar-refractivity contribution in [1.82, 2.24) is 9.88 Å². The van der Waals surface area contributed by atoms with Crippen LogP contribution in [-0.2, 0) is 0 Å². The zero-order chi connectivity index (χ0) is 14.4. The van der Waals surface area contributed by atoms with E-state index in [1.54, 1.807) is 6.07 Å². The predicted molar refractivity (Wildman–Crippen MR) is 76.6 cm³/mol. The molecule has 0 aliphatic carbocycles. The number of aromatic nitrogens is 1. The summed E-state index contributed by atoms with van der Waals surface area (Å²) in [4.78, 5) is 6.44. The van der Waals surface area contributed by atoms with Crippen LogP contribution in [0.15, 0.2) is 18.3 Å². The normalized spacial score (nSPS) is 21.9. The Kier molecular flexibility index (Phi) is 5.88. The second kappa shape index (κ2) is 7.67. The summed E-state index contributed by atoms with van der Waals surface area (Å²) < 4.78 is 12.8. The minimum absolute atomic E-state index is 0.145. The van der Waals surface area contributed by atoms with Gasteiger partial charge in [-0.05, 0) is 50.3 Å². The fraction of sp³-hybridized carbons (Fsp3) is 0.667. The lowest BCUT2D eigenvalue weighted by atomic mass is 9.95. The van der Waals surface area contributed by atoms with Crippen molar-refractivity contribution in [2.45, 2.75) is 31.7 Å². The van der Waals surface area contributed by atoms with Crippen molar-refractivity contribution < 1.29 is 9.50 Å². The Morgan fingerprint density at radius 3 is 3.05 bits per heavy atom. The van der Waals surface area contributed by atoms with Crippen LogP contribution in [-0.4, -0.2) is 41.2 Å². The van der Waals surface area contributed by atoms with Gasteiger partial charge in [0.2, 0.25) is 0 Å². The number of aliphatic hydroxyl groups is 1. The zero-order valence-electron chi connectivity index (χ0n) is 11.8. The zero-order valence-corrected chi connectivity index (χ0v) is 11.8. The average Bonchev–Trinajstić information content (AvgIpc) is 2.46. The van der Waals surface area contributed by atoms with Crippen molar-refractivity contribution in [3.8, 4) is 0 Å². The molecule has 20 heavy (non-hydrogen) atoms. The van der Waals surface area contributed by atoms with Gasteiger partial charge in [0.25, 0.3) is 0 Å². The molecule has 2 unspecified atom stereocenters. The fourth-order valence-corrected chi connectivity index (χ4v) is 2.85. The van der Waals surface area contributed by atoms with E-state index in [9.17, 15) is 4.39 Å². The predicted octanol–water partition coefficient (Wildman–Crippen LogP) is 1.70. The van der Waals surface area contributed by atoms with Crippen LogP contribution in [0.1, 0.15) is 37.4 Å². The van der Waals surface area contributed by atoms with Crippen LogP contribution in [0.25, 0.3) is 0 Å². The molecule has 0 radical (unpaired) electrons. The number of nitrogens with two attached hydrogens (primary N) is 1. The number of likely N-dealkylation sites (tertiary alicyclic amines) is 1. The molecule has 0 amide bonds. The third kappa shape index (κ3) is 4.51. The number of pyridine rings is 1. The summed E-state index contributed by atoms with van der Waals surface area (Å²) in [6, 6.07) is 2.92. The molecule has 5 heteroatoms. The Balaban J connectivity index is 1.78. The van der Waals surface area contributed by atoms with Crippen molar-refractivity contribution in [3.63, 3.8) is 0 Å². The SMILES string of the molecule is NC(CCN1CCCC(CCO)C1)c1ccc(F)cn1. The molecule has 4 nitrogen and oxygen atoms in total. The van der Waals surface area contributed by atoms with Crippen LogP contribution in [0.4, 0.5) is 4.39 Å². The van der Waals surface area contributed by atoms with E-state index < -0.39 is 0 Å². The van der Waals surface area contributed by atoms with Gasteiger partial charge in [-0.3, -0.25) is 4.98 Å². The van der Waals surface area contributed by atoms with E-state index in [2.05, 4.69) is 9.88 Å². The number of aliphatic hydroxyl groups excluding tert-OH is 1. The second-order valence-corrected chi connectivity index (χ2v) is 5.62. The first-order valence-corrected chi connectivity index (χ1v) is 7.39.